The first kappa shape index (κ1) is 13.5. The molecule has 1 N–H and O–H groups in total. The second-order valence-corrected chi connectivity index (χ2v) is 4.19. The minimum absolute atomic E-state index is 0.0675. The molecule has 1 aromatic heterocycles. The van der Waals surface area contributed by atoms with Crippen molar-refractivity contribution in [1.82, 2.24) is 9.78 Å². The van der Waals surface area contributed by atoms with Gasteiger partial charge in [0, 0.05) is 24.8 Å². The molecule has 0 amide bonds. The minimum Gasteiger partial charge on any atom is -0.378 e. The number of nitrogens with zero attached hydrogens (tertiary/aromatic N) is 2. The van der Waals surface area contributed by atoms with Crippen LogP contribution in [-0.2, 0) is 13.1 Å². The first-order valence-corrected chi connectivity index (χ1v) is 6.00. The fraction of sp³-hybridized carbons (Fsp3) is 0.308. The predicted molar refractivity (Wildman–Crippen MR) is 66.2 cm³/mol. The summed E-state index contributed by atoms with van der Waals surface area (Å²) in [6.45, 7) is 3.14. The number of aryl methyl sites for hydroxylation is 1. The number of benzene rings is 1. The van der Waals surface area contributed by atoms with E-state index in [9.17, 15) is 13.2 Å². The van der Waals surface area contributed by atoms with Gasteiger partial charge in [0.15, 0.2) is 17.5 Å². The molecule has 1 heterocycles. The van der Waals surface area contributed by atoms with E-state index in [1.807, 2.05) is 13.1 Å². The number of hydrogen-bond acceptors (Lipinski definition) is 2. The molecule has 0 atom stereocenters. The average Bonchev–Trinajstić information content (AvgIpc) is 2.83. The molecule has 0 saturated heterocycles. The van der Waals surface area contributed by atoms with Gasteiger partial charge in [-0.25, -0.2) is 13.2 Å². The van der Waals surface area contributed by atoms with Crippen molar-refractivity contribution in [2.75, 3.05) is 5.32 Å². The van der Waals surface area contributed by atoms with Gasteiger partial charge < -0.3 is 5.32 Å². The third-order valence-electron chi connectivity index (χ3n) is 2.66. The smallest absolute Gasteiger partial charge is 0.196 e. The van der Waals surface area contributed by atoms with Gasteiger partial charge in [-0.2, -0.15) is 5.10 Å². The molecule has 3 nitrogen and oxygen atoms in total. The molecule has 2 rings (SSSR count). The van der Waals surface area contributed by atoms with Crippen LogP contribution in [0.5, 0.6) is 0 Å². The number of aromatic nitrogens is 2. The number of rotatable bonds is 5. The van der Waals surface area contributed by atoms with Crippen LogP contribution in [0.2, 0.25) is 0 Å². The number of nitrogens with one attached hydrogen (secondary N) is 1. The predicted octanol–water partition coefficient (Wildman–Crippen LogP) is 3.32. The zero-order chi connectivity index (χ0) is 13.8. The highest BCUT2D eigenvalue weighted by molar-refractivity contribution is 5.45. The number of halogens is 3. The van der Waals surface area contributed by atoms with Gasteiger partial charge in [0.1, 0.15) is 0 Å². The molecule has 19 heavy (non-hydrogen) atoms. The molecule has 0 radical (unpaired) electrons. The van der Waals surface area contributed by atoms with E-state index >= 15 is 0 Å². The van der Waals surface area contributed by atoms with Crippen molar-refractivity contribution in [3.05, 3.63) is 47.5 Å². The van der Waals surface area contributed by atoms with E-state index in [4.69, 9.17) is 0 Å². The van der Waals surface area contributed by atoms with E-state index in [0.717, 1.165) is 24.6 Å². The second-order valence-electron chi connectivity index (χ2n) is 4.19. The van der Waals surface area contributed by atoms with Crippen molar-refractivity contribution >= 4 is 5.69 Å². The minimum atomic E-state index is -1.47. The summed E-state index contributed by atoms with van der Waals surface area (Å²) in [5, 5.41) is 6.84. The van der Waals surface area contributed by atoms with Crippen LogP contribution in [0.3, 0.4) is 0 Å². The van der Waals surface area contributed by atoms with Gasteiger partial charge in [0.25, 0.3) is 0 Å². The molecule has 0 aliphatic carbocycles. The van der Waals surface area contributed by atoms with Gasteiger partial charge in [0.05, 0.1) is 11.9 Å². The van der Waals surface area contributed by atoms with Crippen LogP contribution >= 0.6 is 0 Å². The Bertz CT molecular complexity index is 566. The summed E-state index contributed by atoms with van der Waals surface area (Å²) in [7, 11) is 0. The van der Waals surface area contributed by atoms with E-state index in [2.05, 4.69) is 10.4 Å². The molecule has 2 aromatic rings. The van der Waals surface area contributed by atoms with Crippen LogP contribution < -0.4 is 5.32 Å². The number of anilines is 1. The SMILES string of the molecule is CCCn1cc(CNc2ccc(F)c(F)c2F)cn1. The van der Waals surface area contributed by atoms with Gasteiger partial charge in [-0.3, -0.25) is 4.68 Å². The van der Waals surface area contributed by atoms with Crippen LogP contribution in [0.4, 0.5) is 18.9 Å². The lowest BCUT2D eigenvalue weighted by Crippen LogP contribution is -2.03. The van der Waals surface area contributed by atoms with Gasteiger partial charge in [-0.15, -0.1) is 0 Å². The summed E-state index contributed by atoms with van der Waals surface area (Å²) in [4.78, 5) is 0. The summed E-state index contributed by atoms with van der Waals surface area (Å²) >= 11 is 0. The fourth-order valence-corrected chi connectivity index (χ4v) is 1.71. The fourth-order valence-electron chi connectivity index (χ4n) is 1.71. The molecular weight excluding hydrogens is 255 g/mol. The van der Waals surface area contributed by atoms with E-state index in [1.165, 1.54) is 6.07 Å². The lowest BCUT2D eigenvalue weighted by Gasteiger charge is -2.07. The molecule has 6 heteroatoms. The highest BCUT2D eigenvalue weighted by Gasteiger charge is 2.13. The Kier molecular flexibility index (Phi) is 4.09. The second kappa shape index (κ2) is 5.77. The van der Waals surface area contributed by atoms with Crippen molar-refractivity contribution in [2.45, 2.75) is 26.4 Å². The average molecular weight is 269 g/mol. The summed E-state index contributed by atoms with van der Waals surface area (Å²) in [6.07, 6.45) is 4.45. The lowest BCUT2D eigenvalue weighted by atomic mass is 10.2. The third kappa shape index (κ3) is 3.07. The van der Waals surface area contributed by atoms with Crippen molar-refractivity contribution in [3.8, 4) is 0 Å². The summed E-state index contributed by atoms with van der Waals surface area (Å²) in [5.74, 6) is -3.87. The Morgan fingerprint density at radius 2 is 2.00 bits per heavy atom. The molecule has 0 spiro atoms. The monoisotopic (exact) mass is 269 g/mol. The molecule has 102 valence electrons. The maximum absolute atomic E-state index is 13.4. The van der Waals surface area contributed by atoms with Crippen molar-refractivity contribution < 1.29 is 13.2 Å². The topological polar surface area (TPSA) is 29.9 Å². The molecule has 0 fully saturated rings. The number of hydrogen-bond donors (Lipinski definition) is 1. The molecule has 0 aliphatic heterocycles. The molecule has 0 saturated carbocycles. The highest BCUT2D eigenvalue weighted by atomic mass is 19.2. The van der Waals surface area contributed by atoms with E-state index in [1.54, 1.807) is 10.9 Å². The quantitative estimate of drug-likeness (QED) is 0.844. The molecular formula is C13H14F3N3. The van der Waals surface area contributed by atoms with Crippen LogP contribution in [0.1, 0.15) is 18.9 Å². The van der Waals surface area contributed by atoms with Crippen LogP contribution in [0.25, 0.3) is 0 Å². The third-order valence-corrected chi connectivity index (χ3v) is 2.66. The van der Waals surface area contributed by atoms with Crippen LogP contribution in [-0.4, -0.2) is 9.78 Å². The molecule has 0 unspecified atom stereocenters. The zero-order valence-electron chi connectivity index (χ0n) is 10.5. The van der Waals surface area contributed by atoms with E-state index < -0.39 is 17.5 Å². The van der Waals surface area contributed by atoms with E-state index in [-0.39, 0.29) is 5.69 Å². The standard InChI is InChI=1S/C13H14F3N3/c1-2-5-19-8-9(7-18-19)6-17-11-4-3-10(14)12(15)13(11)16/h3-4,7-8,17H,2,5-6H2,1H3. The Labute approximate surface area is 109 Å². The van der Waals surface area contributed by atoms with Gasteiger partial charge >= 0.3 is 0 Å². The summed E-state index contributed by atoms with van der Waals surface area (Å²) in [6, 6.07) is 2.06. The Balaban J connectivity index is 2.04. The molecule has 0 bridgehead atoms. The largest absolute Gasteiger partial charge is 0.378 e. The van der Waals surface area contributed by atoms with E-state index in [0.29, 0.717) is 6.54 Å². The van der Waals surface area contributed by atoms with Crippen LogP contribution in [0, 0.1) is 17.5 Å². The van der Waals surface area contributed by atoms with Crippen LogP contribution in [0.15, 0.2) is 24.5 Å². The van der Waals surface area contributed by atoms with Crippen molar-refractivity contribution in [1.29, 1.82) is 0 Å². The zero-order valence-corrected chi connectivity index (χ0v) is 10.5. The molecule has 1 aromatic carbocycles. The summed E-state index contributed by atoms with van der Waals surface area (Å²) in [5.41, 5.74) is 0.778. The Hall–Kier alpha value is -1.98. The maximum atomic E-state index is 13.4. The van der Waals surface area contributed by atoms with Crippen molar-refractivity contribution in [2.24, 2.45) is 0 Å². The van der Waals surface area contributed by atoms with Gasteiger partial charge in [-0.05, 0) is 18.6 Å². The molecule has 0 aliphatic rings. The Morgan fingerprint density at radius 3 is 2.74 bits per heavy atom. The highest BCUT2D eigenvalue weighted by Crippen LogP contribution is 2.20. The van der Waals surface area contributed by atoms with Gasteiger partial charge in [-0.1, -0.05) is 6.92 Å². The Morgan fingerprint density at radius 1 is 1.21 bits per heavy atom. The lowest BCUT2D eigenvalue weighted by molar-refractivity contribution is 0.449. The first-order valence-electron chi connectivity index (χ1n) is 6.00. The normalized spacial score (nSPS) is 10.7. The van der Waals surface area contributed by atoms with Crippen molar-refractivity contribution in [3.63, 3.8) is 0 Å². The first-order chi connectivity index (χ1) is 9.11. The summed E-state index contributed by atoms with van der Waals surface area (Å²) < 4.78 is 40.9. The van der Waals surface area contributed by atoms with Gasteiger partial charge in [0.2, 0.25) is 0 Å². The maximum Gasteiger partial charge on any atom is 0.196 e.